The molecule has 0 saturated carbocycles. The van der Waals surface area contributed by atoms with Gasteiger partial charge in [-0.25, -0.2) is 0 Å². The molecule has 0 spiro atoms. The van der Waals surface area contributed by atoms with Crippen LogP contribution in [-0.2, 0) is 0 Å². The van der Waals surface area contributed by atoms with Crippen LogP contribution in [0.3, 0.4) is 0 Å². The predicted molar refractivity (Wildman–Crippen MR) is 78.9 cm³/mol. The fourth-order valence-corrected chi connectivity index (χ4v) is 1.92. The molecule has 4 nitrogen and oxygen atoms in total. The SMILES string of the molecule is NC(=O)c1ccccc1OCC(=O)c1ccc(Br)cc1. The maximum atomic E-state index is 12.0. The Bertz CT molecular complexity index is 638. The van der Waals surface area contributed by atoms with Gasteiger partial charge in [0.2, 0.25) is 0 Å². The molecule has 0 unspecified atom stereocenters. The lowest BCUT2D eigenvalue weighted by Crippen LogP contribution is -2.16. The number of para-hydroxylation sites is 1. The normalized spacial score (nSPS) is 10.1. The van der Waals surface area contributed by atoms with Crippen LogP contribution in [0.25, 0.3) is 0 Å². The smallest absolute Gasteiger partial charge is 0.252 e. The molecule has 0 aromatic heterocycles. The third-order valence-electron chi connectivity index (χ3n) is 2.68. The molecule has 0 atom stereocenters. The number of benzene rings is 2. The van der Waals surface area contributed by atoms with Gasteiger partial charge in [-0.05, 0) is 24.3 Å². The van der Waals surface area contributed by atoms with Crippen molar-refractivity contribution in [2.75, 3.05) is 6.61 Å². The molecule has 102 valence electrons. The van der Waals surface area contributed by atoms with E-state index >= 15 is 0 Å². The Morgan fingerprint density at radius 2 is 1.70 bits per heavy atom. The minimum atomic E-state index is -0.586. The first-order valence-corrected chi connectivity index (χ1v) is 6.67. The number of rotatable bonds is 5. The maximum absolute atomic E-state index is 12.0. The molecule has 1 amide bonds. The van der Waals surface area contributed by atoms with Crippen molar-refractivity contribution in [1.29, 1.82) is 0 Å². The third kappa shape index (κ3) is 3.45. The van der Waals surface area contributed by atoms with Crippen LogP contribution in [0, 0.1) is 0 Å². The van der Waals surface area contributed by atoms with Crippen LogP contribution < -0.4 is 10.5 Å². The summed E-state index contributed by atoms with van der Waals surface area (Å²) in [5.74, 6) is -0.445. The van der Waals surface area contributed by atoms with E-state index in [1.54, 1.807) is 48.5 Å². The predicted octanol–water partition coefficient (Wildman–Crippen LogP) is 2.81. The number of nitrogens with two attached hydrogens (primary N) is 1. The molecule has 2 rings (SSSR count). The Morgan fingerprint density at radius 1 is 1.05 bits per heavy atom. The first kappa shape index (κ1) is 14.3. The highest BCUT2D eigenvalue weighted by atomic mass is 79.9. The van der Waals surface area contributed by atoms with Crippen molar-refractivity contribution in [2.45, 2.75) is 0 Å². The second-order valence-electron chi connectivity index (χ2n) is 4.08. The Labute approximate surface area is 124 Å². The first-order valence-electron chi connectivity index (χ1n) is 5.88. The fourth-order valence-electron chi connectivity index (χ4n) is 1.66. The Hall–Kier alpha value is -2.14. The topological polar surface area (TPSA) is 69.4 Å². The third-order valence-corrected chi connectivity index (χ3v) is 3.21. The maximum Gasteiger partial charge on any atom is 0.252 e. The average molecular weight is 334 g/mol. The van der Waals surface area contributed by atoms with Crippen molar-refractivity contribution in [3.63, 3.8) is 0 Å². The molecule has 0 aliphatic rings. The van der Waals surface area contributed by atoms with Gasteiger partial charge < -0.3 is 10.5 Å². The average Bonchev–Trinajstić information content (AvgIpc) is 2.45. The zero-order valence-electron chi connectivity index (χ0n) is 10.5. The Morgan fingerprint density at radius 3 is 2.35 bits per heavy atom. The lowest BCUT2D eigenvalue weighted by atomic mass is 10.1. The van der Waals surface area contributed by atoms with E-state index in [1.165, 1.54) is 0 Å². The number of hydrogen-bond acceptors (Lipinski definition) is 3. The summed E-state index contributed by atoms with van der Waals surface area (Å²) in [5.41, 5.74) is 6.05. The van der Waals surface area contributed by atoms with Crippen molar-refractivity contribution in [3.8, 4) is 5.75 Å². The lowest BCUT2D eigenvalue weighted by Gasteiger charge is -2.08. The van der Waals surface area contributed by atoms with E-state index in [-0.39, 0.29) is 18.0 Å². The lowest BCUT2D eigenvalue weighted by molar-refractivity contribution is 0.0912. The molecular weight excluding hydrogens is 322 g/mol. The van der Waals surface area contributed by atoms with Crippen molar-refractivity contribution < 1.29 is 14.3 Å². The molecule has 2 N–H and O–H groups in total. The highest BCUT2D eigenvalue weighted by molar-refractivity contribution is 9.10. The quantitative estimate of drug-likeness (QED) is 0.855. The number of halogens is 1. The highest BCUT2D eigenvalue weighted by Crippen LogP contribution is 2.18. The summed E-state index contributed by atoms with van der Waals surface area (Å²) in [6.07, 6.45) is 0. The zero-order chi connectivity index (χ0) is 14.5. The van der Waals surface area contributed by atoms with E-state index in [0.717, 1.165) is 4.47 Å². The van der Waals surface area contributed by atoms with E-state index in [2.05, 4.69) is 15.9 Å². The number of hydrogen-bond donors (Lipinski definition) is 1. The van der Waals surface area contributed by atoms with Crippen molar-refractivity contribution in [2.24, 2.45) is 5.73 Å². The number of ether oxygens (including phenoxy) is 1. The van der Waals surface area contributed by atoms with Crippen LogP contribution in [-0.4, -0.2) is 18.3 Å². The van der Waals surface area contributed by atoms with Gasteiger partial charge in [0.05, 0.1) is 5.56 Å². The summed E-state index contributed by atoms with van der Waals surface area (Å²) in [4.78, 5) is 23.2. The fraction of sp³-hybridized carbons (Fsp3) is 0.0667. The van der Waals surface area contributed by atoms with E-state index in [4.69, 9.17) is 10.5 Å². The second-order valence-corrected chi connectivity index (χ2v) is 4.99. The monoisotopic (exact) mass is 333 g/mol. The van der Waals surface area contributed by atoms with Crippen molar-refractivity contribution in [1.82, 2.24) is 0 Å². The van der Waals surface area contributed by atoms with Gasteiger partial charge in [-0.2, -0.15) is 0 Å². The number of carbonyl (C=O) groups is 2. The van der Waals surface area contributed by atoms with Crippen LogP contribution in [0.1, 0.15) is 20.7 Å². The molecule has 0 aliphatic heterocycles. The molecule has 0 heterocycles. The van der Waals surface area contributed by atoms with Gasteiger partial charge in [0.1, 0.15) is 5.75 Å². The molecule has 0 radical (unpaired) electrons. The van der Waals surface area contributed by atoms with Gasteiger partial charge >= 0.3 is 0 Å². The minimum Gasteiger partial charge on any atom is -0.485 e. The largest absolute Gasteiger partial charge is 0.485 e. The summed E-state index contributed by atoms with van der Waals surface area (Å²) in [6, 6.07) is 13.5. The van der Waals surface area contributed by atoms with E-state index in [1.807, 2.05) is 0 Å². The molecule has 20 heavy (non-hydrogen) atoms. The van der Waals surface area contributed by atoms with Gasteiger partial charge in [-0.3, -0.25) is 9.59 Å². The molecule has 2 aromatic rings. The van der Waals surface area contributed by atoms with Crippen LogP contribution >= 0.6 is 15.9 Å². The van der Waals surface area contributed by atoms with Gasteiger partial charge in [0.25, 0.3) is 5.91 Å². The van der Waals surface area contributed by atoms with Gasteiger partial charge in [0.15, 0.2) is 12.4 Å². The van der Waals surface area contributed by atoms with Crippen LogP contribution in [0.4, 0.5) is 0 Å². The van der Waals surface area contributed by atoms with Gasteiger partial charge in [-0.15, -0.1) is 0 Å². The zero-order valence-corrected chi connectivity index (χ0v) is 12.1. The number of amides is 1. The standard InChI is InChI=1S/C15H12BrNO3/c16-11-7-5-10(6-8-11)13(18)9-20-14-4-2-1-3-12(14)15(17)19/h1-8H,9H2,(H2,17,19). The molecule has 0 fully saturated rings. The van der Waals surface area contributed by atoms with E-state index < -0.39 is 5.91 Å². The summed E-state index contributed by atoms with van der Waals surface area (Å²) in [5, 5.41) is 0. The van der Waals surface area contributed by atoms with Crippen LogP contribution in [0.15, 0.2) is 53.0 Å². The van der Waals surface area contributed by atoms with Crippen molar-refractivity contribution >= 4 is 27.6 Å². The first-order chi connectivity index (χ1) is 9.58. The minimum absolute atomic E-state index is 0.147. The summed E-state index contributed by atoms with van der Waals surface area (Å²) in [6.45, 7) is -0.147. The number of carbonyl (C=O) groups excluding carboxylic acids is 2. The van der Waals surface area contributed by atoms with Gasteiger partial charge in [-0.1, -0.05) is 40.2 Å². The Balaban J connectivity index is 2.07. The summed E-state index contributed by atoms with van der Waals surface area (Å²) in [7, 11) is 0. The number of ketones is 1. The van der Waals surface area contributed by atoms with Gasteiger partial charge in [0, 0.05) is 10.0 Å². The summed E-state index contributed by atoms with van der Waals surface area (Å²) >= 11 is 3.30. The number of primary amides is 1. The molecule has 5 heteroatoms. The van der Waals surface area contributed by atoms with Crippen LogP contribution in [0.5, 0.6) is 5.75 Å². The number of Topliss-reactive ketones (excluding diaryl/α,β-unsaturated/α-hetero) is 1. The molecular formula is C15H12BrNO3. The molecule has 2 aromatic carbocycles. The van der Waals surface area contributed by atoms with Crippen molar-refractivity contribution in [3.05, 3.63) is 64.1 Å². The molecule has 0 saturated heterocycles. The summed E-state index contributed by atoms with van der Waals surface area (Å²) < 4.78 is 6.28. The van der Waals surface area contributed by atoms with E-state index in [9.17, 15) is 9.59 Å². The molecule has 0 bridgehead atoms. The highest BCUT2D eigenvalue weighted by Gasteiger charge is 2.11. The second kappa shape index (κ2) is 6.34. The van der Waals surface area contributed by atoms with E-state index in [0.29, 0.717) is 11.3 Å². The Kier molecular flexibility index (Phi) is 4.53. The van der Waals surface area contributed by atoms with Crippen LogP contribution in [0.2, 0.25) is 0 Å². The molecule has 0 aliphatic carbocycles.